The maximum Gasteiger partial charge on any atom is 0.422 e. The molecule has 1 aromatic carbocycles. The Labute approximate surface area is 88.8 Å². The molecule has 0 radical (unpaired) electrons. The lowest BCUT2D eigenvalue weighted by Crippen LogP contribution is -2.19. The van der Waals surface area contributed by atoms with Gasteiger partial charge in [-0.05, 0) is 12.1 Å². The summed E-state index contributed by atoms with van der Waals surface area (Å²) in [6, 6.07) is 5.52. The largest absolute Gasteiger partial charge is 0.484 e. The van der Waals surface area contributed by atoms with Crippen LogP contribution in [0.1, 0.15) is 5.56 Å². The Bertz CT molecular complexity index is 397. The van der Waals surface area contributed by atoms with E-state index < -0.39 is 12.8 Å². The van der Waals surface area contributed by atoms with Crippen molar-refractivity contribution in [2.24, 2.45) is 0 Å². The van der Waals surface area contributed by atoms with Gasteiger partial charge in [0.25, 0.3) is 0 Å². The van der Waals surface area contributed by atoms with Gasteiger partial charge in [0.2, 0.25) is 0 Å². The maximum atomic E-state index is 11.8. The van der Waals surface area contributed by atoms with Crippen LogP contribution in [0.2, 0.25) is 5.02 Å². The first-order chi connectivity index (χ1) is 6.92. The van der Waals surface area contributed by atoms with Crippen molar-refractivity contribution < 1.29 is 17.9 Å². The molecule has 0 atom stereocenters. The van der Waals surface area contributed by atoms with Crippen LogP contribution < -0.4 is 4.74 Å². The van der Waals surface area contributed by atoms with E-state index in [-0.39, 0.29) is 16.3 Å². The van der Waals surface area contributed by atoms with Crippen LogP contribution in [-0.4, -0.2) is 12.8 Å². The number of nitrogens with zero attached hydrogens (tertiary/aromatic N) is 1. The molecule has 0 aliphatic carbocycles. The van der Waals surface area contributed by atoms with Crippen LogP contribution in [0.5, 0.6) is 5.75 Å². The molecule has 0 aromatic heterocycles. The molecular formula is C9H5ClF3NO. The Morgan fingerprint density at radius 3 is 2.53 bits per heavy atom. The number of ether oxygens (including phenoxy) is 1. The zero-order valence-corrected chi connectivity index (χ0v) is 8.06. The Hall–Kier alpha value is -1.41. The van der Waals surface area contributed by atoms with Gasteiger partial charge in [-0.3, -0.25) is 0 Å². The van der Waals surface area contributed by atoms with Gasteiger partial charge in [0, 0.05) is 6.07 Å². The second-order valence-corrected chi connectivity index (χ2v) is 3.06. The lowest BCUT2D eigenvalue weighted by atomic mass is 10.2. The van der Waals surface area contributed by atoms with Gasteiger partial charge in [0.1, 0.15) is 11.8 Å². The Balaban J connectivity index is 2.73. The number of benzene rings is 1. The minimum Gasteiger partial charge on any atom is -0.484 e. The van der Waals surface area contributed by atoms with E-state index in [1.165, 1.54) is 18.2 Å². The van der Waals surface area contributed by atoms with Crippen molar-refractivity contribution in [1.82, 2.24) is 0 Å². The average molecular weight is 236 g/mol. The van der Waals surface area contributed by atoms with Gasteiger partial charge in [-0.2, -0.15) is 18.4 Å². The zero-order chi connectivity index (χ0) is 11.5. The molecule has 2 nitrogen and oxygen atoms in total. The van der Waals surface area contributed by atoms with E-state index >= 15 is 0 Å². The van der Waals surface area contributed by atoms with Gasteiger partial charge in [0.05, 0.1) is 10.6 Å². The van der Waals surface area contributed by atoms with Crippen molar-refractivity contribution in [2.75, 3.05) is 6.61 Å². The van der Waals surface area contributed by atoms with Gasteiger partial charge >= 0.3 is 6.18 Å². The van der Waals surface area contributed by atoms with Crippen molar-refractivity contribution in [2.45, 2.75) is 6.18 Å². The van der Waals surface area contributed by atoms with Gasteiger partial charge in [0.15, 0.2) is 6.61 Å². The van der Waals surface area contributed by atoms with Crippen LogP contribution in [0.15, 0.2) is 18.2 Å². The third-order valence-corrected chi connectivity index (χ3v) is 1.78. The molecule has 0 unspecified atom stereocenters. The number of hydrogen-bond acceptors (Lipinski definition) is 2. The highest BCUT2D eigenvalue weighted by Crippen LogP contribution is 2.23. The summed E-state index contributed by atoms with van der Waals surface area (Å²) in [6.45, 7) is -1.38. The smallest absolute Gasteiger partial charge is 0.422 e. The standard InChI is InChI=1S/C9H5ClF3NO/c10-8-3-7(2-1-6(8)4-14)15-5-9(11,12)13/h1-3H,5H2. The second-order valence-electron chi connectivity index (χ2n) is 2.66. The van der Waals surface area contributed by atoms with Crippen LogP contribution in [0.25, 0.3) is 0 Å². The zero-order valence-electron chi connectivity index (χ0n) is 7.31. The highest BCUT2D eigenvalue weighted by molar-refractivity contribution is 6.31. The summed E-state index contributed by atoms with van der Waals surface area (Å²) >= 11 is 5.60. The third-order valence-electron chi connectivity index (χ3n) is 1.46. The quantitative estimate of drug-likeness (QED) is 0.789. The summed E-state index contributed by atoms with van der Waals surface area (Å²) in [7, 11) is 0. The molecule has 1 aromatic rings. The van der Waals surface area contributed by atoms with E-state index in [0.29, 0.717) is 0 Å². The topological polar surface area (TPSA) is 33.0 Å². The minimum absolute atomic E-state index is 0.0173. The predicted molar refractivity (Wildman–Crippen MR) is 47.7 cm³/mol. The highest BCUT2D eigenvalue weighted by Gasteiger charge is 2.28. The van der Waals surface area contributed by atoms with Crippen molar-refractivity contribution in [1.29, 1.82) is 5.26 Å². The summed E-state index contributed by atoms with van der Waals surface area (Å²) in [5.41, 5.74) is 0.191. The third kappa shape index (κ3) is 3.68. The summed E-state index contributed by atoms with van der Waals surface area (Å²) in [6.07, 6.45) is -4.39. The van der Waals surface area contributed by atoms with E-state index in [9.17, 15) is 13.2 Å². The van der Waals surface area contributed by atoms with Gasteiger partial charge in [-0.25, -0.2) is 0 Å². The number of nitriles is 1. The molecule has 0 fully saturated rings. The monoisotopic (exact) mass is 235 g/mol. The molecule has 0 saturated carbocycles. The van der Waals surface area contributed by atoms with Crippen LogP contribution in [0.3, 0.4) is 0 Å². The van der Waals surface area contributed by atoms with E-state index in [1.54, 1.807) is 6.07 Å². The van der Waals surface area contributed by atoms with Crippen LogP contribution in [0.4, 0.5) is 13.2 Å². The normalized spacial score (nSPS) is 10.9. The molecule has 80 valence electrons. The maximum absolute atomic E-state index is 11.8. The Morgan fingerprint density at radius 2 is 2.07 bits per heavy atom. The first kappa shape index (κ1) is 11.7. The van der Waals surface area contributed by atoms with Crippen molar-refractivity contribution >= 4 is 11.6 Å². The van der Waals surface area contributed by atoms with E-state index in [0.717, 1.165) is 0 Å². The van der Waals surface area contributed by atoms with Crippen molar-refractivity contribution in [3.63, 3.8) is 0 Å². The van der Waals surface area contributed by atoms with Crippen LogP contribution >= 0.6 is 11.6 Å². The van der Waals surface area contributed by atoms with Crippen LogP contribution in [-0.2, 0) is 0 Å². The molecule has 15 heavy (non-hydrogen) atoms. The molecule has 0 spiro atoms. The molecule has 0 aliphatic heterocycles. The van der Waals surface area contributed by atoms with E-state index in [2.05, 4.69) is 4.74 Å². The van der Waals surface area contributed by atoms with Crippen molar-refractivity contribution in [3.8, 4) is 11.8 Å². The molecule has 0 heterocycles. The predicted octanol–water partition coefficient (Wildman–Crippen LogP) is 3.15. The molecule has 0 amide bonds. The minimum atomic E-state index is -4.39. The fraction of sp³-hybridized carbons (Fsp3) is 0.222. The molecule has 0 aliphatic rings. The van der Waals surface area contributed by atoms with Crippen molar-refractivity contribution in [3.05, 3.63) is 28.8 Å². The van der Waals surface area contributed by atoms with Gasteiger partial charge in [-0.1, -0.05) is 11.6 Å². The van der Waals surface area contributed by atoms with E-state index in [4.69, 9.17) is 16.9 Å². The number of alkyl halides is 3. The average Bonchev–Trinajstić information content (AvgIpc) is 2.14. The fourth-order valence-corrected chi connectivity index (χ4v) is 1.05. The summed E-state index contributed by atoms with van der Waals surface area (Å²) in [4.78, 5) is 0. The van der Waals surface area contributed by atoms with E-state index in [1.807, 2.05) is 0 Å². The molecule has 0 saturated heterocycles. The number of halogens is 4. The lowest BCUT2D eigenvalue weighted by Gasteiger charge is -2.09. The lowest BCUT2D eigenvalue weighted by molar-refractivity contribution is -0.153. The molecule has 0 bridgehead atoms. The second kappa shape index (κ2) is 4.41. The SMILES string of the molecule is N#Cc1ccc(OCC(F)(F)F)cc1Cl. The van der Waals surface area contributed by atoms with Gasteiger partial charge in [-0.15, -0.1) is 0 Å². The molecular weight excluding hydrogens is 231 g/mol. The van der Waals surface area contributed by atoms with Gasteiger partial charge < -0.3 is 4.74 Å². The molecule has 6 heteroatoms. The summed E-state index contributed by atoms with van der Waals surface area (Å²) in [5.74, 6) is -0.0173. The first-order valence-electron chi connectivity index (χ1n) is 3.81. The summed E-state index contributed by atoms with van der Waals surface area (Å²) < 4.78 is 39.8. The number of rotatable bonds is 2. The highest BCUT2D eigenvalue weighted by atomic mass is 35.5. The Kier molecular flexibility index (Phi) is 3.43. The first-order valence-corrected chi connectivity index (χ1v) is 4.19. The number of hydrogen-bond donors (Lipinski definition) is 0. The molecule has 1 rings (SSSR count). The fourth-order valence-electron chi connectivity index (χ4n) is 0.841. The Morgan fingerprint density at radius 1 is 1.40 bits per heavy atom. The molecule has 0 N–H and O–H groups in total. The summed E-state index contributed by atoms with van der Waals surface area (Å²) in [5, 5.41) is 8.58. The van der Waals surface area contributed by atoms with Crippen LogP contribution in [0, 0.1) is 11.3 Å².